The highest BCUT2D eigenvalue weighted by Crippen LogP contribution is 2.27. The van der Waals surface area contributed by atoms with Crippen molar-refractivity contribution in [2.24, 2.45) is 0 Å². The third-order valence-electron chi connectivity index (χ3n) is 2.73. The van der Waals surface area contributed by atoms with Crippen LogP contribution in [0, 0.1) is 17.5 Å². The number of benzene rings is 2. The molecule has 0 aromatic heterocycles. The van der Waals surface area contributed by atoms with E-state index in [1.54, 1.807) is 6.92 Å². The molecule has 0 saturated carbocycles. The van der Waals surface area contributed by atoms with Crippen molar-refractivity contribution in [2.75, 3.05) is 5.32 Å². The van der Waals surface area contributed by atoms with Crippen LogP contribution in [0.4, 0.5) is 18.9 Å². The summed E-state index contributed by atoms with van der Waals surface area (Å²) in [6.07, 6.45) is 0. The van der Waals surface area contributed by atoms with Gasteiger partial charge in [0.05, 0.1) is 11.7 Å². The molecule has 2 aromatic rings. The molecule has 0 amide bonds. The Kier molecular flexibility index (Phi) is 4.00. The Hall–Kier alpha value is -1.68. The van der Waals surface area contributed by atoms with Crippen LogP contribution in [0.15, 0.2) is 36.4 Å². The number of hydrogen-bond donors (Lipinski definition) is 1. The number of hydrogen-bond acceptors (Lipinski definition) is 1. The van der Waals surface area contributed by atoms with E-state index >= 15 is 0 Å². The van der Waals surface area contributed by atoms with Gasteiger partial charge in [0.15, 0.2) is 0 Å². The Morgan fingerprint density at radius 3 is 2.32 bits per heavy atom. The molecule has 0 fully saturated rings. The predicted octanol–water partition coefficient (Wildman–Crippen LogP) is 4.93. The van der Waals surface area contributed by atoms with Gasteiger partial charge in [-0.05, 0) is 42.8 Å². The average Bonchev–Trinajstić information content (AvgIpc) is 2.33. The highest BCUT2D eigenvalue weighted by atomic mass is 35.5. The molecule has 19 heavy (non-hydrogen) atoms. The van der Waals surface area contributed by atoms with Crippen LogP contribution in [0.3, 0.4) is 0 Å². The maximum atomic E-state index is 13.5. The van der Waals surface area contributed by atoms with Crippen LogP contribution in [0.5, 0.6) is 0 Å². The molecule has 0 spiro atoms. The predicted molar refractivity (Wildman–Crippen MR) is 69.8 cm³/mol. The van der Waals surface area contributed by atoms with Crippen molar-refractivity contribution < 1.29 is 13.2 Å². The maximum absolute atomic E-state index is 13.5. The molecule has 1 N–H and O–H groups in total. The van der Waals surface area contributed by atoms with Crippen molar-refractivity contribution >= 4 is 17.3 Å². The normalized spacial score (nSPS) is 12.3. The van der Waals surface area contributed by atoms with Crippen molar-refractivity contribution in [2.45, 2.75) is 13.0 Å². The topological polar surface area (TPSA) is 12.0 Å². The third-order valence-corrected chi connectivity index (χ3v) is 3.06. The van der Waals surface area contributed by atoms with Gasteiger partial charge in [0.1, 0.15) is 17.5 Å². The molecule has 100 valence electrons. The molecule has 0 saturated heterocycles. The quantitative estimate of drug-likeness (QED) is 0.843. The molecule has 1 nitrogen and oxygen atoms in total. The summed E-state index contributed by atoms with van der Waals surface area (Å²) in [6, 6.07) is 6.70. The Morgan fingerprint density at radius 2 is 1.63 bits per heavy atom. The second-order valence-corrected chi connectivity index (χ2v) is 4.56. The van der Waals surface area contributed by atoms with E-state index in [1.165, 1.54) is 18.2 Å². The van der Waals surface area contributed by atoms with Gasteiger partial charge in [0.2, 0.25) is 0 Å². The third kappa shape index (κ3) is 3.20. The lowest BCUT2D eigenvalue weighted by atomic mass is 10.1. The first kappa shape index (κ1) is 13.7. The zero-order chi connectivity index (χ0) is 14.0. The van der Waals surface area contributed by atoms with Crippen LogP contribution in [0.2, 0.25) is 5.02 Å². The van der Waals surface area contributed by atoms with Gasteiger partial charge in [-0.15, -0.1) is 0 Å². The molecule has 0 aliphatic rings. The van der Waals surface area contributed by atoms with Crippen LogP contribution in [0.1, 0.15) is 18.5 Å². The highest BCUT2D eigenvalue weighted by Gasteiger charge is 2.12. The van der Waals surface area contributed by atoms with E-state index in [1.807, 2.05) is 0 Å². The number of halogens is 4. The Labute approximate surface area is 114 Å². The van der Waals surface area contributed by atoms with E-state index in [4.69, 9.17) is 11.6 Å². The van der Waals surface area contributed by atoms with Gasteiger partial charge in [-0.1, -0.05) is 17.7 Å². The van der Waals surface area contributed by atoms with Gasteiger partial charge in [-0.3, -0.25) is 0 Å². The first-order chi connectivity index (χ1) is 8.97. The fraction of sp³-hybridized carbons (Fsp3) is 0.143. The first-order valence-electron chi connectivity index (χ1n) is 5.64. The fourth-order valence-corrected chi connectivity index (χ4v) is 2.10. The molecule has 0 radical (unpaired) electrons. The second-order valence-electron chi connectivity index (χ2n) is 4.16. The minimum absolute atomic E-state index is 0.0351. The van der Waals surface area contributed by atoms with Crippen molar-refractivity contribution in [3.63, 3.8) is 0 Å². The Bertz CT molecular complexity index is 601. The lowest BCUT2D eigenvalue weighted by Crippen LogP contribution is -2.09. The lowest BCUT2D eigenvalue weighted by molar-refractivity contribution is 0.600. The SMILES string of the molecule is CC(Nc1cc(F)ccc1F)c1ccc(F)cc1Cl. The summed E-state index contributed by atoms with van der Waals surface area (Å²) >= 11 is 5.91. The highest BCUT2D eigenvalue weighted by molar-refractivity contribution is 6.31. The van der Waals surface area contributed by atoms with Gasteiger partial charge >= 0.3 is 0 Å². The average molecular weight is 286 g/mol. The molecule has 5 heteroatoms. The Balaban J connectivity index is 2.25. The van der Waals surface area contributed by atoms with E-state index in [0.29, 0.717) is 5.56 Å². The van der Waals surface area contributed by atoms with Crippen molar-refractivity contribution in [1.82, 2.24) is 0 Å². The second kappa shape index (κ2) is 5.53. The molecule has 1 unspecified atom stereocenters. The first-order valence-corrected chi connectivity index (χ1v) is 6.01. The van der Waals surface area contributed by atoms with Gasteiger partial charge in [-0.25, -0.2) is 13.2 Å². The van der Waals surface area contributed by atoms with Crippen molar-refractivity contribution in [3.8, 4) is 0 Å². The minimum Gasteiger partial charge on any atom is -0.376 e. The molecular formula is C14H11ClF3N. The molecule has 2 aromatic carbocycles. The van der Waals surface area contributed by atoms with Gasteiger partial charge in [0, 0.05) is 5.02 Å². The monoisotopic (exact) mass is 285 g/mol. The minimum atomic E-state index is -0.563. The fourth-order valence-electron chi connectivity index (χ4n) is 1.77. The van der Waals surface area contributed by atoms with Gasteiger partial charge < -0.3 is 5.32 Å². The van der Waals surface area contributed by atoms with Crippen molar-refractivity contribution in [1.29, 1.82) is 0 Å². The van der Waals surface area contributed by atoms with E-state index in [9.17, 15) is 13.2 Å². The summed E-state index contributed by atoms with van der Waals surface area (Å²) in [5.74, 6) is -1.55. The standard InChI is InChI=1S/C14H11ClF3N/c1-8(11-4-2-9(16)6-12(11)15)19-14-7-10(17)3-5-13(14)18/h2-8,19H,1H3. The summed E-state index contributed by atoms with van der Waals surface area (Å²) in [6.45, 7) is 1.73. The number of rotatable bonds is 3. The van der Waals surface area contributed by atoms with Gasteiger partial charge in [-0.2, -0.15) is 0 Å². The summed E-state index contributed by atoms with van der Waals surface area (Å²) in [7, 11) is 0. The maximum Gasteiger partial charge on any atom is 0.146 e. The number of anilines is 1. The molecule has 0 aliphatic heterocycles. The number of nitrogens with one attached hydrogen (secondary N) is 1. The summed E-state index contributed by atoms with van der Waals surface area (Å²) in [4.78, 5) is 0. The van der Waals surface area contributed by atoms with E-state index in [0.717, 1.165) is 18.2 Å². The lowest BCUT2D eigenvalue weighted by Gasteiger charge is -2.17. The van der Waals surface area contributed by atoms with Crippen LogP contribution >= 0.6 is 11.6 Å². The van der Waals surface area contributed by atoms with Crippen molar-refractivity contribution in [3.05, 3.63) is 64.4 Å². The molecule has 0 aliphatic carbocycles. The molecular weight excluding hydrogens is 275 g/mol. The summed E-state index contributed by atoms with van der Waals surface area (Å²) in [5.41, 5.74) is 0.639. The van der Waals surface area contributed by atoms with Gasteiger partial charge in [0.25, 0.3) is 0 Å². The molecule has 0 heterocycles. The van der Waals surface area contributed by atoms with E-state index in [-0.39, 0.29) is 16.8 Å². The van der Waals surface area contributed by atoms with Crippen LogP contribution in [-0.2, 0) is 0 Å². The smallest absolute Gasteiger partial charge is 0.146 e. The summed E-state index contributed by atoms with van der Waals surface area (Å²) < 4.78 is 39.5. The zero-order valence-corrected chi connectivity index (χ0v) is 10.8. The molecule has 1 atom stereocenters. The van der Waals surface area contributed by atoms with Crippen LogP contribution < -0.4 is 5.32 Å². The van der Waals surface area contributed by atoms with Crippen LogP contribution in [-0.4, -0.2) is 0 Å². The van der Waals surface area contributed by atoms with E-state index in [2.05, 4.69) is 5.32 Å². The van der Waals surface area contributed by atoms with Crippen LogP contribution in [0.25, 0.3) is 0 Å². The largest absolute Gasteiger partial charge is 0.376 e. The molecule has 2 rings (SSSR count). The Morgan fingerprint density at radius 1 is 1.00 bits per heavy atom. The molecule has 0 bridgehead atoms. The van der Waals surface area contributed by atoms with E-state index < -0.39 is 17.5 Å². The summed E-state index contributed by atoms with van der Waals surface area (Å²) in [5, 5.41) is 3.04. The zero-order valence-electron chi connectivity index (χ0n) is 10.1.